The van der Waals surface area contributed by atoms with E-state index < -0.39 is 28.4 Å². The fourth-order valence-corrected chi connectivity index (χ4v) is 3.24. The van der Waals surface area contributed by atoms with Crippen LogP contribution in [-0.2, 0) is 19.6 Å². The average molecular weight is 419 g/mol. The normalized spacial score (nSPS) is 11.1. The van der Waals surface area contributed by atoms with Crippen molar-refractivity contribution < 1.29 is 27.5 Å². The lowest BCUT2D eigenvalue weighted by Crippen LogP contribution is -2.39. The summed E-state index contributed by atoms with van der Waals surface area (Å²) in [6, 6.07) is 12.8. The second kappa shape index (κ2) is 9.69. The van der Waals surface area contributed by atoms with Gasteiger partial charge in [-0.2, -0.15) is 5.10 Å². The van der Waals surface area contributed by atoms with Crippen LogP contribution in [0.15, 0.2) is 53.6 Å². The Labute approximate surface area is 169 Å². The molecule has 0 atom stereocenters. The van der Waals surface area contributed by atoms with Crippen LogP contribution >= 0.6 is 0 Å². The molecule has 0 aliphatic carbocycles. The van der Waals surface area contributed by atoms with Crippen molar-refractivity contribution in [2.75, 3.05) is 31.3 Å². The van der Waals surface area contributed by atoms with Gasteiger partial charge in [-0.25, -0.2) is 18.6 Å². The Morgan fingerprint density at radius 1 is 1.10 bits per heavy atom. The quantitative estimate of drug-likeness (QED) is 0.393. The van der Waals surface area contributed by atoms with Crippen LogP contribution < -0.4 is 14.5 Å². The van der Waals surface area contributed by atoms with Gasteiger partial charge in [-0.05, 0) is 29.8 Å². The molecule has 0 bridgehead atoms. The Morgan fingerprint density at radius 2 is 1.76 bits per heavy atom. The predicted molar refractivity (Wildman–Crippen MR) is 109 cm³/mol. The van der Waals surface area contributed by atoms with Gasteiger partial charge in [-0.1, -0.05) is 24.3 Å². The molecule has 0 saturated heterocycles. The van der Waals surface area contributed by atoms with Crippen molar-refractivity contribution in [2.24, 2.45) is 5.10 Å². The molecule has 29 heavy (non-hydrogen) atoms. The van der Waals surface area contributed by atoms with Crippen LogP contribution in [0.2, 0.25) is 0 Å². The van der Waals surface area contributed by atoms with Gasteiger partial charge in [-0.15, -0.1) is 0 Å². The molecule has 1 amide bonds. The maximum atomic E-state index is 12.2. The van der Waals surface area contributed by atoms with Crippen LogP contribution in [-0.4, -0.2) is 53.5 Å². The lowest BCUT2D eigenvalue weighted by atomic mass is 10.1. The smallest absolute Gasteiger partial charge is 0.337 e. The first-order valence-electron chi connectivity index (χ1n) is 8.37. The van der Waals surface area contributed by atoms with Gasteiger partial charge < -0.3 is 9.47 Å². The number of rotatable bonds is 8. The number of sulfonamides is 1. The second-order valence-corrected chi connectivity index (χ2v) is 7.76. The third kappa shape index (κ3) is 6.04. The molecular weight excluding hydrogens is 398 g/mol. The van der Waals surface area contributed by atoms with Crippen molar-refractivity contribution >= 4 is 33.8 Å². The van der Waals surface area contributed by atoms with E-state index in [0.717, 1.165) is 10.6 Å². The maximum absolute atomic E-state index is 12.2. The zero-order valence-corrected chi connectivity index (χ0v) is 17.0. The minimum atomic E-state index is -3.74. The highest BCUT2D eigenvalue weighted by Gasteiger charge is 2.23. The van der Waals surface area contributed by atoms with E-state index in [-0.39, 0.29) is 5.69 Å². The Morgan fingerprint density at radius 3 is 2.34 bits per heavy atom. The second-order valence-electron chi connectivity index (χ2n) is 5.85. The van der Waals surface area contributed by atoms with E-state index in [4.69, 9.17) is 4.74 Å². The molecule has 0 fully saturated rings. The van der Waals surface area contributed by atoms with Crippen LogP contribution in [0.5, 0.6) is 5.75 Å². The van der Waals surface area contributed by atoms with E-state index in [2.05, 4.69) is 15.3 Å². The van der Waals surface area contributed by atoms with E-state index in [0.29, 0.717) is 16.9 Å². The number of nitrogens with zero attached hydrogens (tertiary/aromatic N) is 2. The summed E-state index contributed by atoms with van der Waals surface area (Å²) in [6.07, 6.45) is 2.37. The standard InChI is InChI=1S/C19H21N3O6S/c1-27-17-7-5-4-6-16(17)22(29(3,25)26)13-18(23)21-20-12-14-8-10-15(11-9-14)19(24)28-2/h4-12H,13H2,1-3H3,(H,21,23)/b20-12-. The highest BCUT2D eigenvalue weighted by molar-refractivity contribution is 7.92. The summed E-state index contributed by atoms with van der Waals surface area (Å²) in [7, 11) is -1.04. The number of hydrogen-bond acceptors (Lipinski definition) is 7. The summed E-state index contributed by atoms with van der Waals surface area (Å²) in [4.78, 5) is 23.6. The van der Waals surface area contributed by atoms with Gasteiger partial charge in [0.25, 0.3) is 5.91 Å². The Hall–Kier alpha value is -3.40. The van der Waals surface area contributed by atoms with Crippen molar-refractivity contribution in [1.82, 2.24) is 5.43 Å². The number of nitrogens with one attached hydrogen (secondary N) is 1. The number of amides is 1. The first-order chi connectivity index (χ1) is 13.8. The zero-order chi connectivity index (χ0) is 21.4. The minimum absolute atomic E-state index is 0.245. The number of benzene rings is 2. The van der Waals surface area contributed by atoms with Crippen LogP contribution in [0.1, 0.15) is 15.9 Å². The summed E-state index contributed by atoms with van der Waals surface area (Å²) >= 11 is 0. The number of carbonyl (C=O) groups excluding carboxylic acids is 2. The van der Waals surface area contributed by atoms with Crippen LogP contribution in [0.25, 0.3) is 0 Å². The van der Waals surface area contributed by atoms with Crippen molar-refractivity contribution in [3.63, 3.8) is 0 Å². The summed E-state index contributed by atoms with van der Waals surface area (Å²) in [5.41, 5.74) is 3.54. The third-order valence-electron chi connectivity index (χ3n) is 3.78. The number of hydrogen-bond donors (Lipinski definition) is 1. The number of carbonyl (C=O) groups is 2. The summed E-state index contributed by atoms with van der Waals surface area (Å²) in [6.45, 7) is -0.474. The van der Waals surface area contributed by atoms with Gasteiger partial charge >= 0.3 is 5.97 Å². The highest BCUT2D eigenvalue weighted by atomic mass is 32.2. The van der Waals surface area contributed by atoms with E-state index in [9.17, 15) is 18.0 Å². The molecule has 0 radical (unpaired) electrons. The lowest BCUT2D eigenvalue weighted by Gasteiger charge is -2.23. The van der Waals surface area contributed by atoms with Crippen molar-refractivity contribution in [2.45, 2.75) is 0 Å². The van der Waals surface area contributed by atoms with Gasteiger partial charge in [0.2, 0.25) is 10.0 Å². The number of para-hydroxylation sites is 2. The monoisotopic (exact) mass is 419 g/mol. The first kappa shape index (κ1) is 21.9. The summed E-state index contributed by atoms with van der Waals surface area (Å²) < 4.78 is 35.0. The van der Waals surface area contributed by atoms with Gasteiger partial charge in [0.05, 0.1) is 37.9 Å². The van der Waals surface area contributed by atoms with Gasteiger partial charge in [0.1, 0.15) is 12.3 Å². The minimum Gasteiger partial charge on any atom is -0.495 e. The molecule has 0 saturated carbocycles. The number of methoxy groups -OCH3 is 2. The molecule has 10 heteroatoms. The van der Waals surface area contributed by atoms with Crippen LogP contribution in [0.3, 0.4) is 0 Å². The average Bonchev–Trinajstić information content (AvgIpc) is 2.71. The van der Waals surface area contributed by atoms with Gasteiger partial charge in [-0.3, -0.25) is 9.10 Å². The van der Waals surface area contributed by atoms with Crippen LogP contribution in [0, 0.1) is 0 Å². The van der Waals surface area contributed by atoms with E-state index in [1.807, 2.05) is 0 Å². The Balaban J connectivity index is 2.07. The molecule has 2 rings (SSSR count). The van der Waals surface area contributed by atoms with Crippen LogP contribution in [0.4, 0.5) is 5.69 Å². The summed E-state index contributed by atoms with van der Waals surface area (Å²) in [5.74, 6) is -0.775. The summed E-state index contributed by atoms with van der Waals surface area (Å²) in [5, 5.41) is 3.81. The molecule has 0 spiro atoms. The van der Waals surface area contributed by atoms with E-state index in [1.54, 1.807) is 48.5 Å². The molecule has 154 valence electrons. The molecule has 0 aliphatic rings. The molecule has 0 aliphatic heterocycles. The fourth-order valence-electron chi connectivity index (χ4n) is 2.38. The van der Waals surface area contributed by atoms with E-state index in [1.165, 1.54) is 20.4 Å². The number of hydrazone groups is 1. The topological polar surface area (TPSA) is 114 Å². The Kier molecular flexibility index (Phi) is 7.32. The highest BCUT2D eigenvalue weighted by Crippen LogP contribution is 2.29. The molecule has 9 nitrogen and oxygen atoms in total. The maximum Gasteiger partial charge on any atom is 0.337 e. The molecule has 1 N–H and O–H groups in total. The number of ether oxygens (including phenoxy) is 2. The van der Waals surface area contributed by atoms with Gasteiger partial charge in [0.15, 0.2) is 0 Å². The van der Waals surface area contributed by atoms with Crippen molar-refractivity contribution in [3.8, 4) is 5.75 Å². The predicted octanol–water partition coefficient (Wildman–Crippen LogP) is 1.40. The third-order valence-corrected chi connectivity index (χ3v) is 4.90. The molecule has 0 heterocycles. The van der Waals surface area contributed by atoms with Crippen molar-refractivity contribution in [1.29, 1.82) is 0 Å². The van der Waals surface area contributed by atoms with Gasteiger partial charge in [0, 0.05) is 0 Å². The molecular formula is C19H21N3O6S. The lowest BCUT2D eigenvalue weighted by molar-refractivity contribution is -0.119. The number of esters is 1. The SMILES string of the molecule is COC(=O)c1ccc(/C=N\NC(=O)CN(c2ccccc2OC)S(C)(=O)=O)cc1. The van der Waals surface area contributed by atoms with Crippen molar-refractivity contribution in [3.05, 3.63) is 59.7 Å². The number of anilines is 1. The molecule has 0 aromatic heterocycles. The molecule has 2 aromatic carbocycles. The zero-order valence-electron chi connectivity index (χ0n) is 16.2. The van der Waals surface area contributed by atoms with E-state index >= 15 is 0 Å². The first-order valence-corrected chi connectivity index (χ1v) is 10.2. The molecule has 2 aromatic rings. The largest absolute Gasteiger partial charge is 0.495 e. The molecule has 0 unspecified atom stereocenters. The fraction of sp³-hybridized carbons (Fsp3) is 0.211. The Bertz CT molecular complexity index is 1000.